The maximum atomic E-state index is 12.9. The Morgan fingerprint density at radius 2 is 1.59 bits per heavy atom. The zero-order valence-corrected chi connectivity index (χ0v) is 16.0. The smallest absolute Gasteiger partial charge is 0.227 e. The molecule has 0 saturated heterocycles. The molecule has 1 amide bonds. The molecule has 0 spiro atoms. The van der Waals surface area contributed by atoms with Crippen molar-refractivity contribution in [1.82, 2.24) is 19.6 Å². The Kier molecular flexibility index (Phi) is 6.39. The van der Waals surface area contributed by atoms with Gasteiger partial charge in [-0.3, -0.25) is 4.79 Å². The number of hydrogen-bond acceptors (Lipinski definition) is 3. The number of carbonyl (C=O) groups is 1. The summed E-state index contributed by atoms with van der Waals surface area (Å²) >= 11 is 0. The van der Waals surface area contributed by atoms with E-state index in [9.17, 15) is 4.79 Å². The van der Waals surface area contributed by atoms with Crippen molar-refractivity contribution >= 4 is 5.91 Å². The Hall–Kier alpha value is -2.92. The Balaban J connectivity index is 1.69. The van der Waals surface area contributed by atoms with Gasteiger partial charge in [-0.15, -0.1) is 0 Å². The standard InChI is InChI=1S/C22H26N4O/c1-24(2)13-14-25(17-19-9-5-3-6-10-19)22(27)15-20-16-23-26(18-20)21-11-7-4-8-12-21/h3-12,16,18H,13-15,17H2,1-2H3. The summed E-state index contributed by atoms with van der Waals surface area (Å²) in [6.45, 7) is 2.16. The molecule has 5 heteroatoms. The minimum absolute atomic E-state index is 0.119. The molecule has 0 atom stereocenters. The topological polar surface area (TPSA) is 41.4 Å². The predicted octanol–water partition coefficient (Wildman–Crippen LogP) is 3.01. The third-order valence-corrected chi connectivity index (χ3v) is 4.40. The summed E-state index contributed by atoms with van der Waals surface area (Å²) in [5.74, 6) is 0.119. The molecule has 0 aliphatic carbocycles. The minimum Gasteiger partial charge on any atom is -0.337 e. The maximum absolute atomic E-state index is 12.9. The Morgan fingerprint density at radius 3 is 2.26 bits per heavy atom. The molecule has 0 radical (unpaired) electrons. The molecule has 27 heavy (non-hydrogen) atoms. The van der Waals surface area contributed by atoms with Crippen LogP contribution in [0.4, 0.5) is 0 Å². The van der Waals surface area contributed by atoms with E-state index in [1.54, 1.807) is 6.20 Å². The zero-order valence-electron chi connectivity index (χ0n) is 16.0. The van der Waals surface area contributed by atoms with Crippen LogP contribution in [-0.2, 0) is 17.8 Å². The molecule has 0 bridgehead atoms. The van der Waals surface area contributed by atoms with Gasteiger partial charge in [-0.05, 0) is 37.4 Å². The second-order valence-electron chi connectivity index (χ2n) is 6.91. The highest BCUT2D eigenvalue weighted by molar-refractivity contribution is 5.78. The lowest BCUT2D eigenvalue weighted by Gasteiger charge is -2.24. The summed E-state index contributed by atoms with van der Waals surface area (Å²) in [6.07, 6.45) is 4.06. The van der Waals surface area contributed by atoms with E-state index in [0.717, 1.165) is 23.4 Å². The van der Waals surface area contributed by atoms with Gasteiger partial charge < -0.3 is 9.80 Å². The molecule has 0 N–H and O–H groups in total. The molecule has 1 aromatic heterocycles. The number of nitrogens with zero attached hydrogens (tertiary/aromatic N) is 4. The van der Waals surface area contributed by atoms with Crippen molar-refractivity contribution in [3.63, 3.8) is 0 Å². The number of amides is 1. The van der Waals surface area contributed by atoms with Crippen LogP contribution in [0.5, 0.6) is 0 Å². The number of benzene rings is 2. The van der Waals surface area contributed by atoms with Crippen molar-refractivity contribution in [2.75, 3.05) is 27.2 Å². The van der Waals surface area contributed by atoms with Crippen molar-refractivity contribution in [2.24, 2.45) is 0 Å². The molecular weight excluding hydrogens is 336 g/mol. The largest absolute Gasteiger partial charge is 0.337 e. The van der Waals surface area contributed by atoms with Crippen molar-refractivity contribution in [3.05, 3.63) is 84.2 Å². The number of hydrogen-bond donors (Lipinski definition) is 0. The van der Waals surface area contributed by atoms with E-state index in [0.29, 0.717) is 19.5 Å². The van der Waals surface area contributed by atoms with Gasteiger partial charge in [0.2, 0.25) is 5.91 Å². The lowest BCUT2D eigenvalue weighted by atomic mass is 10.2. The quantitative estimate of drug-likeness (QED) is 0.619. The van der Waals surface area contributed by atoms with Crippen LogP contribution in [0.1, 0.15) is 11.1 Å². The molecule has 3 rings (SSSR count). The third-order valence-electron chi connectivity index (χ3n) is 4.40. The van der Waals surface area contributed by atoms with Crippen molar-refractivity contribution in [2.45, 2.75) is 13.0 Å². The van der Waals surface area contributed by atoms with Crippen LogP contribution in [-0.4, -0.2) is 52.7 Å². The highest BCUT2D eigenvalue weighted by Gasteiger charge is 2.16. The molecule has 5 nitrogen and oxygen atoms in total. The van der Waals surface area contributed by atoms with Crippen LogP contribution in [0.15, 0.2) is 73.1 Å². The first-order chi connectivity index (χ1) is 13.1. The van der Waals surface area contributed by atoms with E-state index in [4.69, 9.17) is 0 Å². The van der Waals surface area contributed by atoms with Crippen LogP contribution in [0.2, 0.25) is 0 Å². The van der Waals surface area contributed by atoms with Crippen LogP contribution in [0, 0.1) is 0 Å². The number of rotatable bonds is 8. The van der Waals surface area contributed by atoms with Crippen molar-refractivity contribution < 1.29 is 4.79 Å². The molecular formula is C22H26N4O. The van der Waals surface area contributed by atoms with E-state index in [2.05, 4.69) is 22.1 Å². The van der Waals surface area contributed by atoms with Gasteiger partial charge in [0, 0.05) is 25.8 Å². The SMILES string of the molecule is CN(C)CCN(Cc1ccccc1)C(=O)Cc1cnn(-c2ccccc2)c1. The Morgan fingerprint density at radius 1 is 0.926 bits per heavy atom. The van der Waals surface area contributed by atoms with E-state index in [1.807, 2.05) is 78.4 Å². The molecule has 2 aromatic carbocycles. The number of likely N-dealkylation sites (N-methyl/N-ethyl adjacent to an activating group) is 1. The van der Waals surface area contributed by atoms with Crippen molar-refractivity contribution in [3.8, 4) is 5.69 Å². The van der Waals surface area contributed by atoms with E-state index < -0.39 is 0 Å². The Bertz CT molecular complexity index is 843. The van der Waals surface area contributed by atoms with E-state index in [-0.39, 0.29) is 5.91 Å². The first-order valence-electron chi connectivity index (χ1n) is 9.17. The molecule has 0 aliphatic rings. The summed E-state index contributed by atoms with van der Waals surface area (Å²) in [4.78, 5) is 17.0. The van der Waals surface area contributed by atoms with Crippen LogP contribution < -0.4 is 0 Å². The molecule has 1 heterocycles. The van der Waals surface area contributed by atoms with Gasteiger partial charge in [0.25, 0.3) is 0 Å². The molecule has 0 aliphatic heterocycles. The summed E-state index contributed by atoms with van der Waals surface area (Å²) < 4.78 is 1.81. The summed E-state index contributed by atoms with van der Waals surface area (Å²) in [5.41, 5.74) is 3.06. The lowest BCUT2D eigenvalue weighted by Crippen LogP contribution is -2.37. The van der Waals surface area contributed by atoms with Crippen LogP contribution in [0.3, 0.4) is 0 Å². The first-order valence-corrected chi connectivity index (χ1v) is 9.17. The second kappa shape index (κ2) is 9.14. The molecule has 0 saturated carbocycles. The van der Waals surface area contributed by atoms with Gasteiger partial charge in [-0.2, -0.15) is 5.10 Å². The van der Waals surface area contributed by atoms with E-state index >= 15 is 0 Å². The fourth-order valence-corrected chi connectivity index (χ4v) is 2.88. The molecule has 140 valence electrons. The monoisotopic (exact) mass is 362 g/mol. The average Bonchev–Trinajstić information content (AvgIpc) is 3.15. The highest BCUT2D eigenvalue weighted by Crippen LogP contribution is 2.11. The average molecular weight is 362 g/mol. The summed E-state index contributed by atoms with van der Waals surface area (Å²) in [7, 11) is 4.05. The molecule has 3 aromatic rings. The van der Waals surface area contributed by atoms with Gasteiger partial charge in [0.15, 0.2) is 0 Å². The Labute approximate surface area is 160 Å². The van der Waals surface area contributed by atoms with Gasteiger partial charge in [0.1, 0.15) is 0 Å². The van der Waals surface area contributed by atoms with Gasteiger partial charge in [-0.25, -0.2) is 4.68 Å². The van der Waals surface area contributed by atoms with Crippen LogP contribution >= 0.6 is 0 Å². The van der Waals surface area contributed by atoms with Crippen LogP contribution in [0.25, 0.3) is 5.69 Å². The highest BCUT2D eigenvalue weighted by atomic mass is 16.2. The van der Waals surface area contributed by atoms with Gasteiger partial charge in [0.05, 0.1) is 18.3 Å². The zero-order chi connectivity index (χ0) is 19.1. The fourth-order valence-electron chi connectivity index (χ4n) is 2.88. The minimum atomic E-state index is 0.119. The summed E-state index contributed by atoms with van der Waals surface area (Å²) in [5, 5.41) is 4.39. The van der Waals surface area contributed by atoms with Gasteiger partial charge in [-0.1, -0.05) is 48.5 Å². The molecule has 0 unspecified atom stereocenters. The van der Waals surface area contributed by atoms with Gasteiger partial charge >= 0.3 is 0 Å². The van der Waals surface area contributed by atoms with E-state index in [1.165, 1.54) is 0 Å². The first kappa shape index (κ1) is 18.9. The number of carbonyl (C=O) groups excluding carboxylic acids is 1. The number of aromatic nitrogens is 2. The predicted molar refractivity (Wildman–Crippen MR) is 108 cm³/mol. The lowest BCUT2D eigenvalue weighted by molar-refractivity contribution is -0.131. The summed E-state index contributed by atoms with van der Waals surface area (Å²) in [6, 6.07) is 20.1. The normalized spacial score (nSPS) is 10.9. The van der Waals surface area contributed by atoms with Crippen molar-refractivity contribution in [1.29, 1.82) is 0 Å². The molecule has 0 fully saturated rings. The third kappa shape index (κ3) is 5.53. The fraction of sp³-hybridized carbons (Fsp3) is 0.273. The number of para-hydroxylation sites is 1. The second-order valence-corrected chi connectivity index (χ2v) is 6.91. The maximum Gasteiger partial charge on any atom is 0.227 e.